The number of anilines is 1. The maximum atomic E-state index is 11.9. The number of urea groups is 1. The highest BCUT2D eigenvalue weighted by Crippen LogP contribution is 2.21. The predicted octanol–water partition coefficient (Wildman–Crippen LogP) is 3.43. The first kappa shape index (κ1) is 14.6. The Balaban J connectivity index is 1.98. The zero-order valence-electron chi connectivity index (χ0n) is 12.4. The highest BCUT2D eigenvalue weighted by Gasteiger charge is 2.09. The molecule has 1 heterocycles. The number of rotatable bonds is 2. The van der Waals surface area contributed by atoms with Crippen LogP contribution in [0.3, 0.4) is 0 Å². The molecule has 0 aliphatic carbocycles. The van der Waals surface area contributed by atoms with Crippen LogP contribution < -0.4 is 10.6 Å². The van der Waals surface area contributed by atoms with Crippen LogP contribution in [0.15, 0.2) is 23.9 Å². The van der Waals surface area contributed by atoms with Crippen LogP contribution >= 0.6 is 0 Å². The van der Waals surface area contributed by atoms with Crippen LogP contribution in [0.4, 0.5) is 10.5 Å². The zero-order valence-corrected chi connectivity index (χ0v) is 12.4. The molecule has 1 aliphatic heterocycles. The highest BCUT2D eigenvalue weighted by atomic mass is 16.5. The lowest BCUT2D eigenvalue weighted by atomic mass is 10.1. The van der Waals surface area contributed by atoms with Crippen molar-refractivity contribution in [3.63, 3.8) is 0 Å². The average molecular weight is 274 g/mol. The van der Waals surface area contributed by atoms with E-state index >= 15 is 0 Å². The highest BCUT2D eigenvalue weighted by molar-refractivity contribution is 5.91. The van der Waals surface area contributed by atoms with Gasteiger partial charge in [0.2, 0.25) is 0 Å². The molecular weight excluding hydrogens is 252 g/mol. The molecule has 1 fully saturated rings. The number of hydrogen-bond donors (Lipinski definition) is 2. The molecule has 2 amide bonds. The number of carbonyl (C=O) groups excluding carboxylic acids is 1. The van der Waals surface area contributed by atoms with Crippen molar-refractivity contribution in [3.05, 3.63) is 40.6 Å². The molecule has 0 saturated carbocycles. The standard InChI is InChI=1S/C16H22N2O2/c1-11-8-12(2)15(13(3)9-11)18-16(19)17-10-14-4-6-20-7-5-14/h8-10H,4-7H2,1-3H3,(H2,17,18,19). The van der Waals surface area contributed by atoms with Gasteiger partial charge in [-0.1, -0.05) is 17.7 Å². The number of nitrogens with one attached hydrogen (secondary N) is 2. The molecule has 0 unspecified atom stereocenters. The van der Waals surface area contributed by atoms with Gasteiger partial charge >= 0.3 is 6.03 Å². The lowest BCUT2D eigenvalue weighted by Crippen LogP contribution is -2.26. The molecule has 1 aromatic carbocycles. The smallest absolute Gasteiger partial charge is 0.323 e. The molecule has 0 atom stereocenters. The summed E-state index contributed by atoms with van der Waals surface area (Å²) >= 11 is 0. The van der Waals surface area contributed by atoms with Gasteiger partial charge in [-0.2, -0.15) is 0 Å². The minimum atomic E-state index is -0.195. The molecule has 108 valence electrons. The fraction of sp³-hybridized carbons (Fsp3) is 0.438. The largest absolute Gasteiger partial charge is 0.381 e. The summed E-state index contributed by atoms with van der Waals surface area (Å²) < 4.78 is 5.28. The van der Waals surface area contributed by atoms with Gasteiger partial charge in [0.15, 0.2) is 0 Å². The van der Waals surface area contributed by atoms with E-state index in [9.17, 15) is 4.79 Å². The Morgan fingerprint density at radius 1 is 1.15 bits per heavy atom. The number of carbonyl (C=O) groups is 1. The Morgan fingerprint density at radius 3 is 2.35 bits per heavy atom. The first-order chi connectivity index (χ1) is 9.56. The van der Waals surface area contributed by atoms with E-state index in [-0.39, 0.29) is 6.03 Å². The Morgan fingerprint density at radius 2 is 1.75 bits per heavy atom. The number of hydrogen-bond acceptors (Lipinski definition) is 2. The maximum absolute atomic E-state index is 11.9. The summed E-state index contributed by atoms with van der Waals surface area (Å²) in [5.41, 5.74) is 5.48. The molecule has 0 bridgehead atoms. The molecular formula is C16H22N2O2. The number of aryl methyl sites for hydroxylation is 3. The van der Waals surface area contributed by atoms with Crippen molar-refractivity contribution in [2.75, 3.05) is 18.5 Å². The lowest BCUT2D eigenvalue weighted by molar-refractivity contribution is 0.119. The molecule has 0 spiro atoms. The Hall–Kier alpha value is -1.81. The average Bonchev–Trinajstić information content (AvgIpc) is 2.42. The fourth-order valence-corrected chi connectivity index (χ4v) is 2.47. The van der Waals surface area contributed by atoms with Gasteiger partial charge in [-0.05, 0) is 50.3 Å². The van der Waals surface area contributed by atoms with Gasteiger partial charge < -0.3 is 15.4 Å². The van der Waals surface area contributed by atoms with Gasteiger partial charge in [0.1, 0.15) is 0 Å². The van der Waals surface area contributed by atoms with Gasteiger partial charge in [0, 0.05) is 11.9 Å². The molecule has 4 nitrogen and oxygen atoms in total. The maximum Gasteiger partial charge on any atom is 0.323 e. The molecule has 1 aliphatic rings. The SMILES string of the molecule is Cc1cc(C)c(NC(=O)NC=C2CCOCC2)c(C)c1. The van der Waals surface area contributed by atoms with E-state index in [4.69, 9.17) is 4.74 Å². The normalized spacial score (nSPS) is 14.8. The third kappa shape index (κ3) is 3.84. The Bertz CT molecular complexity index is 504. The van der Waals surface area contributed by atoms with Crippen LogP contribution in [0, 0.1) is 20.8 Å². The summed E-state index contributed by atoms with van der Waals surface area (Å²) in [5, 5.41) is 5.72. The van der Waals surface area contributed by atoms with Gasteiger partial charge in [-0.3, -0.25) is 0 Å². The van der Waals surface area contributed by atoms with Crippen molar-refractivity contribution >= 4 is 11.7 Å². The van der Waals surface area contributed by atoms with E-state index in [1.54, 1.807) is 6.20 Å². The summed E-state index contributed by atoms with van der Waals surface area (Å²) in [6.07, 6.45) is 3.59. The number of benzene rings is 1. The van der Waals surface area contributed by atoms with E-state index < -0.39 is 0 Å². The van der Waals surface area contributed by atoms with Gasteiger partial charge in [0.05, 0.1) is 13.2 Å². The van der Waals surface area contributed by atoms with E-state index in [1.807, 2.05) is 13.8 Å². The van der Waals surface area contributed by atoms with Crippen LogP contribution in [-0.4, -0.2) is 19.2 Å². The van der Waals surface area contributed by atoms with E-state index in [1.165, 1.54) is 11.1 Å². The van der Waals surface area contributed by atoms with Crippen LogP contribution in [-0.2, 0) is 4.74 Å². The fourth-order valence-electron chi connectivity index (χ4n) is 2.47. The lowest BCUT2D eigenvalue weighted by Gasteiger charge is -2.15. The summed E-state index contributed by atoms with van der Waals surface area (Å²) in [6.45, 7) is 7.55. The second kappa shape index (κ2) is 6.57. The van der Waals surface area contributed by atoms with E-state index in [2.05, 4.69) is 29.7 Å². The molecule has 1 aromatic rings. The number of amides is 2. The molecule has 4 heteroatoms. The minimum Gasteiger partial charge on any atom is -0.381 e. The molecule has 2 N–H and O–H groups in total. The third-order valence-electron chi connectivity index (χ3n) is 3.46. The van der Waals surface area contributed by atoms with Crippen LogP contribution in [0.5, 0.6) is 0 Å². The summed E-state index contributed by atoms with van der Waals surface area (Å²) in [6, 6.07) is 3.94. The molecule has 2 rings (SSSR count). The van der Waals surface area contributed by atoms with E-state index in [0.717, 1.165) is 42.9 Å². The minimum absolute atomic E-state index is 0.195. The molecule has 20 heavy (non-hydrogen) atoms. The van der Waals surface area contributed by atoms with Crippen molar-refractivity contribution in [1.82, 2.24) is 5.32 Å². The Kier molecular flexibility index (Phi) is 4.79. The van der Waals surface area contributed by atoms with Crippen molar-refractivity contribution in [3.8, 4) is 0 Å². The monoisotopic (exact) mass is 274 g/mol. The second-order valence-electron chi connectivity index (χ2n) is 5.29. The van der Waals surface area contributed by atoms with Crippen LogP contribution in [0.1, 0.15) is 29.5 Å². The summed E-state index contributed by atoms with van der Waals surface area (Å²) in [5.74, 6) is 0. The topological polar surface area (TPSA) is 50.4 Å². The molecule has 0 radical (unpaired) electrons. The van der Waals surface area contributed by atoms with E-state index in [0.29, 0.717) is 0 Å². The van der Waals surface area contributed by atoms with Crippen molar-refractivity contribution in [1.29, 1.82) is 0 Å². The molecule has 1 saturated heterocycles. The van der Waals surface area contributed by atoms with Crippen LogP contribution in [0.2, 0.25) is 0 Å². The molecule has 0 aromatic heterocycles. The third-order valence-corrected chi connectivity index (χ3v) is 3.46. The van der Waals surface area contributed by atoms with Crippen LogP contribution in [0.25, 0.3) is 0 Å². The number of ether oxygens (including phenoxy) is 1. The second-order valence-corrected chi connectivity index (χ2v) is 5.29. The van der Waals surface area contributed by atoms with Gasteiger partial charge in [-0.25, -0.2) is 4.79 Å². The zero-order chi connectivity index (χ0) is 14.5. The summed E-state index contributed by atoms with van der Waals surface area (Å²) in [4.78, 5) is 11.9. The first-order valence-corrected chi connectivity index (χ1v) is 6.97. The Labute approximate surface area is 120 Å². The van der Waals surface area contributed by atoms with Crippen molar-refractivity contribution < 1.29 is 9.53 Å². The van der Waals surface area contributed by atoms with Gasteiger partial charge in [0.25, 0.3) is 0 Å². The van der Waals surface area contributed by atoms with Crippen molar-refractivity contribution in [2.45, 2.75) is 33.6 Å². The summed E-state index contributed by atoms with van der Waals surface area (Å²) in [7, 11) is 0. The quantitative estimate of drug-likeness (QED) is 0.868. The first-order valence-electron chi connectivity index (χ1n) is 6.97. The van der Waals surface area contributed by atoms with Crippen molar-refractivity contribution in [2.24, 2.45) is 0 Å². The van der Waals surface area contributed by atoms with Gasteiger partial charge in [-0.15, -0.1) is 0 Å². The predicted molar refractivity (Wildman–Crippen MR) is 80.9 cm³/mol.